The normalized spacial score (nSPS) is 28.5. The Labute approximate surface area is 91.3 Å². The summed E-state index contributed by atoms with van der Waals surface area (Å²) >= 11 is 0. The van der Waals surface area contributed by atoms with Gasteiger partial charge in [0.05, 0.1) is 11.5 Å². The first kappa shape index (κ1) is 10.6. The summed E-state index contributed by atoms with van der Waals surface area (Å²) in [4.78, 5) is 0. The van der Waals surface area contributed by atoms with Crippen LogP contribution in [-0.4, -0.2) is 10.2 Å². The highest BCUT2D eigenvalue weighted by molar-refractivity contribution is 5.22. The van der Waals surface area contributed by atoms with Crippen molar-refractivity contribution in [2.75, 3.05) is 0 Å². The molecule has 0 aromatic heterocycles. The van der Waals surface area contributed by atoms with E-state index in [4.69, 9.17) is 0 Å². The van der Waals surface area contributed by atoms with Crippen molar-refractivity contribution >= 4 is 0 Å². The van der Waals surface area contributed by atoms with Crippen LogP contribution >= 0.6 is 0 Å². The first-order valence-corrected chi connectivity index (χ1v) is 6.09. The van der Waals surface area contributed by atoms with E-state index in [0.29, 0.717) is 11.5 Å². The first-order chi connectivity index (χ1) is 7.29. The van der Waals surface area contributed by atoms with Crippen LogP contribution in [0.3, 0.4) is 0 Å². The molecule has 2 N–H and O–H groups in total. The minimum absolute atomic E-state index is 0.122. The lowest BCUT2D eigenvalue weighted by Crippen LogP contribution is -2.13. The number of aliphatic hydroxyl groups excluding tert-OH is 2. The summed E-state index contributed by atoms with van der Waals surface area (Å²) in [7, 11) is 0. The number of aliphatic hydroxyl groups is 2. The summed E-state index contributed by atoms with van der Waals surface area (Å²) in [6.07, 6.45) is 10.2. The van der Waals surface area contributed by atoms with Gasteiger partial charge in [0.25, 0.3) is 0 Å². The predicted octanol–water partition coefficient (Wildman–Crippen LogP) is 4.00. The van der Waals surface area contributed by atoms with Crippen molar-refractivity contribution in [1.82, 2.24) is 0 Å². The second kappa shape index (κ2) is 4.73. The zero-order chi connectivity index (χ0) is 10.7. The van der Waals surface area contributed by atoms with Gasteiger partial charge in [0.1, 0.15) is 0 Å². The summed E-state index contributed by atoms with van der Waals surface area (Å²) in [6, 6.07) is 0. The third-order valence-electron chi connectivity index (χ3n) is 3.56. The molecule has 2 rings (SSSR count). The Hall–Kier alpha value is -0.920. The quantitative estimate of drug-likeness (QED) is 0.683. The van der Waals surface area contributed by atoms with Crippen LogP contribution in [0, 0.1) is 5.92 Å². The van der Waals surface area contributed by atoms with Gasteiger partial charge in [-0.3, -0.25) is 0 Å². The number of rotatable bonds is 1. The van der Waals surface area contributed by atoms with E-state index in [2.05, 4.69) is 0 Å². The van der Waals surface area contributed by atoms with E-state index >= 15 is 0 Å². The van der Waals surface area contributed by atoms with Crippen LogP contribution in [0.4, 0.5) is 0 Å². The fraction of sp³-hybridized carbons (Fsp3) is 0.692. The van der Waals surface area contributed by atoms with Gasteiger partial charge in [0.15, 0.2) is 0 Å². The first-order valence-electron chi connectivity index (χ1n) is 6.09. The van der Waals surface area contributed by atoms with E-state index in [9.17, 15) is 10.2 Å². The molecule has 2 aliphatic rings. The highest BCUT2D eigenvalue weighted by atomic mass is 16.3. The van der Waals surface area contributed by atoms with Gasteiger partial charge in [0, 0.05) is 12.3 Å². The monoisotopic (exact) mass is 208 g/mol. The lowest BCUT2D eigenvalue weighted by molar-refractivity contribution is 0.303. The topological polar surface area (TPSA) is 40.5 Å². The molecule has 0 bridgehead atoms. The largest absolute Gasteiger partial charge is 0.512 e. The van der Waals surface area contributed by atoms with Crippen LogP contribution in [0.15, 0.2) is 23.2 Å². The lowest BCUT2D eigenvalue weighted by Gasteiger charge is -2.23. The van der Waals surface area contributed by atoms with Crippen molar-refractivity contribution in [3.8, 4) is 0 Å². The standard InChI is InChI=1S/C13H20O2/c14-12-8-3-1-2-6-10(12)11-7-4-5-9-13(11)15/h9,11,14-15H,1-8H2. The molecule has 15 heavy (non-hydrogen) atoms. The van der Waals surface area contributed by atoms with Gasteiger partial charge in [0.2, 0.25) is 0 Å². The van der Waals surface area contributed by atoms with E-state index in [1.807, 2.05) is 6.08 Å². The van der Waals surface area contributed by atoms with Crippen molar-refractivity contribution in [2.45, 2.75) is 51.4 Å². The summed E-state index contributed by atoms with van der Waals surface area (Å²) < 4.78 is 0. The van der Waals surface area contributed by atoms with Crippen LogP contribution in [0.1, 0.15) is 51.4 Å². The molecule has 0 radical (unpaired) electrons. The van der Waals surface area contributed by atoms with Crippen LogP contribution in [0.5, 0.6) is 0 Å². The van der Waals surface area contributed by atoms with Crippen LogP contribution in [0.25, 0.3) is 0 Å². The molecule has 0 fully saturated rings. The highest BCUT2D eigenvalue weighted by Gasteiger charge is 2.24. The summed E-state index contributed by atoms with van der Waals surface area (Å²) in [5.74, 6) is 1.17. The minimum atomic E-state index is 0.122. The lowest BCUT2D eigenvalue weighted by atomic mass is 9.84. The molecular weight excluding hydrogens is 188 g/mol. The molecule has 0 aliphatic heterocycles. The summed E-state index contributed by atoms with van der Waals surface area (Å²) in [6.45, 7) is 0. The van der Waals surface area contributed by atoms with Crippen molar-refractivity contribution < 1.29 is 10.2 Å². The molecule has 0 aromatic carbocycles. The smallest absolute Gasteiger partial charge is 0.0955 e. The molecule has 0 heterocycles. The molecule has 0 aromatic rings. The SMILES string of the molecule is OC1=CCCCC1C1=C(O)CCCCC1. The van der Waals surface area contributed by atoms with Crippen molar-refractivity contribution in [3.63, 3.8) is 0 Å². The molecule has 1 atom stereocenters. The van der Waals surface area contributed by atoms with Crippen LogP contribution in [0.2, 0.25) is 0 Å². The number of hydrogen-bond donors (Lipinski definition) is 2. The maximum atomic E-state index is 9.96. The minimum Gasteiger partial charge on any atom is -0.512 e. The van der Waals surface area contributed by atoms with Gasteiger partial charge < -0.3 is 10.2 Å². The zero-order valence-corrected chi connectivity index (χ0v) is 9.21. The number of allylic oxidation sites excluding steroid dienone is 3. The zero-order valence-electron chi connectivity index (χ0n) is 9.21. The molecule has 0 amide bonds. The highest BCUT2D eigenvalue weighted by Crippen LogP contribution is 2.36. The van der Waals surface area contributed by atoms with E-state index in [-0.39, 0.29) is 5.92 Å². The molecule has 2 heteroatoms. The third-order valence-corrected chi connectivity index (χ3v) is 3.56. The Balaban J connectivity index is 2.19. The fourth-order valence-electron chi connectivity index (χ4n) is 2.68. The second-order valence-electron chi connectivity index (χ2n) is 4.65. The molecular formula is C13H20O2. The molecule has 0 spiro atoms. The average Bonchev–Trinajstić information content (AvgIpc) is 2.44. The Morgan fingerprint density at radius 2 is 1.80 bits per heavy atom. The summed E-state index contributed by atoms with van der Waals surface area (Å²) in [5, 5.41) is 19.8. The molecule has 0 saturated carbocycles. The predicted molar refractivity (Wildman–Crippen MR) is 60.8 cm³/mol. The maximum Gasteiger partial charge on any atom is 0.0955 e. The molecule has 0 saturated heterocycles. The van der Waals surface area contributed by atoms with Crippen LogP contribution in [-0.2, 0) is 0 Å². The van der Waals surface area contributed by atoms with Crippen molar-refractivity contribution in [3.05, 3.63) is 23.2 Å². The van der Waals surface area contributed by atoms with Gasteiger partial charge in [-0.1, -0.05) is 6.42 Å². The van der Waals surface area contributed by atoms with E-state index in [1.54, 1.807) is 0 Å². The Morgan fingerprint density at radius 3 is 2.60 bits per heavy atom. The number of hydrogen-bond acceptors (Lipinski definition) is 2. The Kier molecular flexibility index (Phi) is 3.34. The molecule has 2 aliphatic carbocycles. The fourth-order valence-corrected chi connectivity index (χ4v) is 2.68. The van der Waals surface area contributed by atoms with Gasteiger partial charge >= 0.3 is 0 Å². The van der Waals surface area contributed by atoms with Gasteiger partial charge in [-0.2, -0.15) is 0 Å². The van der Waals surface area contributed by atoms with Gasteiger partial charge in [-0.05, 0) is 50.2 Å². The van der Waals surface area contributed by atoms with Gasteiger partial charge in [-0.15, -0.1) is 0 Å². The summed E-state index contributed by atoms with van der Waals surface area (Å²) in [5.41, 5.74) is 1.11. The van der Waals surface area contributed by atoms with E-state index in [1.165, 1.54) is 6.42 Å². The van der Waals surface area contributed by atoms with Crippen molar-refractivity contribution in [1.29, 1.82) is 0 Å². The molecule has 1 unspecified atom stereocenters. The molecule has 2 nitrogen and oxygen atoms in total. The van der Waals surface area contributed by atoms with Crippen molar-refractivity contribution in [2.24, 2.45) is 5.92 Å². The molecule has 84 valence electrons. The average molecular weight is 208 g/mol. The maximum absolute atomic E-state index is 9.96. The van der Waals surface area contributed by atoms with Crippen LogP contribution < -0.4 is 0 Å². The Morgan fingerprint density at radius 1 is 1.00 bits per heavy atom. The van der Waals surface area contributed by atoms with E-state index < -0.39 is 0 Å². The third kappa shape index (κ3) is 2.36. The van der Waals surface area contributed by atoms with E-state index in [0.717, 1.165) is 50.5 Å². The Bertz CT molecular complexity index is 289. The van der Waals surface area contributed by atoms with Gasteiger partial charge in [-0.25, -0.2) is 0 Å². The second-order valence-corrected chi connectivity index (χ2v) is 4.65.